The van der Waals surface area contributed by atoms with E-state index in [0.29, 0.717) is 26.3 Å². The number of hydrogen-bond donors (Lipinski definition) is 0. The monoisotopic (exact) mass is 291 g/mol. The van der Waals surface area contributed by atoms with Crippen molar-refractivity contribution in [1.29, 1.82) is 0 Å². The van der Waals surface area contributed by atoms with Gasteiger partial charge < -0.3 is 14.4 Å². The fourth-order valence-electron chi connectivity index (χ4n) is 2.87. The molecular weight excluding hydrogens is 266 g/mol. The van der Waals surface area contributed by atoms with Crippen molar-refractivity contribution in [3.8, 4) is 0 Å². The minimum Gasteiger partial charge on any atom is -0.445 e. The summed E-state index contributed by atoms with van der Waals surface area (Å²) in [4.78, 5) is 14.0. The van der Waals surface area contributed by atoms with Gasteiger partial charge in [0.15, 0.2) is 0 Å². The van der Waals surface area contributed by atoms with Crippen molar-refractivity contribution in [2.75, 3.05) is 19.7 Å². The lowest BCUT2D eigenvalue weighted by Crippen LogP contribution is -2.50. The highest BCUT2D eigenvalue weighted by Crippen LogP contribution is 2.30. The number of nitrogens with zero attached hydrogens (tertiary/aromatic N) is 1. The van der Waals surface area contributed by atoms with Gasteiger partial charge in [-0.3, -0.25) is 0 Å². The first-order valence-electron chi connectivity index (χ1n) is 7.57. The minimum atomic E-state index is -0.253. The fourth-order valence-corrected chi connectivity index (χ4v) is 2.87. The number of benzene rings is 1. The van der Waals surface area contributed by atoms with Crippen LogP contribution in [0.2, 0.25) is 0 Å². The molecule has 0 aromatic heterocycles. The molecule has 0 saturated carbocycles. The molecule has 1 aromatic carbocycles. The Balaban J connectivity index is 1.91. The summed E-state index contributed by atoms with van der Waals surface area (Å²) >= 11 is 0. The second-order valence-electron chi connectivity index (χ2n) is 6.37. The molecule has 1 fully saturated rings. The molecule has 0 spiro atoms. The van der Waals surface area contributed by atoms with Crippen LogP contribution < -0.4 is 0 Å². The zero-order valence-electron chi connectivity index (χ0n) is 13.2. The zero-order chi connectivity index (χ0) is 15.3. The molecular formula is C17H25NO3. The maximum absolute atomic E-state index is 12.3. The Morgan fingerprint density at radius 2 is 2.05 bits per heavy atom. The summed E-state index contributed by atoms with van der Waals surface area (Å²) in [5, 5.41) is 0. The van der Waals surface area contributed by atoms with E-state index in [1.54, 1.807) is 4.90 Å². The lowest BCUT2D eigenvalue weighted by Gasteiger charge is -2.41. The predicted molar refractivity (Wildman–Crippen MR) is 82.0 cm³/mol. The van der Waals surface area contributed by atoms with Crippen LogP contribution in [0.25, 0.3) is 0 Å². The van der Waals surface area contributed by atoms with Crippen LogP contribution >= 0.6 is 0 Å². The summed E-state index contributed by atoms with van der Waals surface area (Å²) in [6.07, 6.45) is 0.822. The Morgan fingerprint density at radius 3 is 2.71 bits per heavy atom. The third-order valence-corrected chi connectivity index (χ3v) is 3.69. The molecule has 1 aliphatic rings. The minimum absolute atomic E-state index is 0.0594. The van der Waals surface area contributed by atoms with Crippen molar-refractivity contribution in [3.05, 3.63) is 35.9 Å². The van der Waals surface area contributed by atoms with Crippen LogP contribution in [0.5, 0.6) is 0 Å². The number of rotatable bonds is 4. The summed E-state index contributed by atoms with van der Waals surface area (Å²) in [6, 6.07) is 9.74. The van der Waals surface area contributed by atoms with Crippen molar-refractivity contribution in [2.24, 2.45) is 5.41 Å². The fraction of sp³-hybridized carbons (Fsp3) is 0.588. The molecule has 21 heavy (non-hydrogen) atoms. The van der Waals surface area contributed by atoms with Gasteiger partial charge >= 0.3 is 6.09 Å². The molecule has 4 nitrogen and oxygen atoms in total. The average Bonchev–Trinajstić information content (AvgIpc) is 2.44. The van der Waals surface area contributed by atoms with E-state index in [1.807, 2.05) is 37.3 Å². The number of likely N-dealkylation sites (tertiary alicyclic amines) is 1. The number of amides is 1. The van der Waals surface area contributed by atoms with E-state index in [0.717, 1.165) is 12.0 Å². The summed E-state index contributed by atoms with van der Waals surface area (Å²) in [5.41, 5.74) is 1.06. The first-order valence-corrected chi connectivity index (χ1v) is 7.57. The smallest absolute Gasteiger partial charge is 0.410 e. The van der Waals surface area contributed by atoms with Gasteiger partial charge in [-0.2, -0.15) is 0 Å². The maximum atomic E-state index is 12.3. The highest BCUT2D eigenvalue weighted by Gasteiger charge is 2.35. The van der Waals surface area contributed by atoms with E-state index in [9.17, 15) is 4.79 Å². The quantitative estimate of drug-likeness (QED) is 0.852. The van der Waals surface area contributed by atoms with Crippen LogP contribution in [0.15, 0.2) is 30.3 Å². The molecule has 1 aromatic rings. The summed E-state index contributed by atoms with van der Waals surface area (Å²) in [7, 11) is 0. The maximum Gasteiger partial charge on any atom is 0.410 e. The molecule has 0 N–H and O–H groups in total. The van der Waals surface area contributed by atoms with Crippen LogP contribution in [0, 0.1) is 5.41 Å². The van der Waals surface area contributed by atoms with Gasteiger partial charge in [-0.1, -0.05) is 44.2 Å². The molecule has 0 aliphatic carbocycles. The molecule has 1 atom stereocenters. The Hall–Kier alpha value is -1.55. The number of ether oxygens (including phenoxy) is 2. The standard InChI is InChI=1S/C17H25NO3/c1-4-20-15-10-17(2,3)13-18(11-15)16(19)21-12-14-8-6-5-7-9-14/h5-9,15H,4,10-13H2,1-3H3. The van der Waals surface area contributed by atoms with E-state index >= 15 is 0 Å². The average molecular weight is 291 g/mol. The molecule has 1 heterocycles. The summed E-state index contributed by atoms with van der Waals surface area (Å²) in [6.45, 7) is 8.63. The zero-order valence-corrected chi connectivity index (χ0v) is 13.2. The van der Waals surface area contributed by atoms with Gasteiger partial charge in [0, 0.05) is 13.2 Å². The van der Waals surface area contributed by atoms with E-state index < -0.39 is 0 Å². The van der Waals surface area contributed by atoms with E-state index in [-0.39, 0.29) is 17.6 Å². The van der Waals surface area contributed by atoms with Crippen LogP contribution in [-0.4, -0.2) is 36.8 Å². The molecule has 0 bridgehead atoms. The first kappa shape index (κ1) is 15.8. The van der Waals surface area contributed by atoms with Crippen molar-refractivity contribution in [2.45, 2.75) is 39.9 Å². The Morgan fingerprint density at radius 1 is 1.33 bits per heavy atom. The van der Waals surface area contributed by atoms with Gasteiger partial charge in [0.1, 0.15) is 6.61 Å². The molecule has 116 valence electrons. The molecule has 1 saturated heterocycles. The molecule has 1 amide bonds. The third kappa shape index (κ3) is 4.74. The van der Waals surface area contributed by atoms with Crippen LogP contribution in [0.3, 0.4) is 0 Å². The SMILES string of the molecule is CCOC1CN(C(=O)OCc2ccccc2)CC(C)(C)C1. The van der Waals surface area contributed by atoms with E-state index in [2.05, 4.69) is 13.8 Å². The van der Waals surface area contributed by atoms with Crippen molar-refractivity contribution in [1.82, 2.24) is 4.90 Å². The Bertz CT molecular complexity index is 458. The van der Waals surface area contributed by atoms with Gasteiger partial charge in [-0.05, 0) is 24.3 Å². The molecule has 1 aliphatic heterocycles. The van der Waals surface area contributed by atoms with Crippen molar-refractivity contribution < 1.29 is 14.3 Å². The number of piperidine rings is 1. The van der Waals surface area contributed by atoms with Gasteiger partial charge in [-0.25, -0.2) is 4.79 Å². The summed E-state index contributed by atoms with van der Waals surface area (Å²) < 4.78 is 11.1. The molecule has 4 heteroatoms. The van der Waals surface area contributed by atoms with Gasteiger partial charge in [0.2, 0.25) is 0 Å². The summed E-state index contributed by atoms with van der Waals surface area (Å²) in [5.74, 6) is 0. The lowest BCUT2D eigenvalue weighted by molar-refractivity contribution is -0.0364. The third-order valence-electron chi connectivity index (χ3n) is 3.69. The van der Waals surface area contributed by atoms with E-state index in [1.165, 1.54) is 0 Å². The first-order chi connectivity index (χ1) is 10.00. The highest BCUT2D eigenvalue weighted by atomic mass is 16.6. The van der Waals surface area contributed by atoms with Crippen LogP contribution in [0.1, 0.15) is 32.8 Å². The largest absolute Gasteiger partial charge is 0.445 e. The molecule has 0 radical (unpaired) electrons. The number of carbonyl (C=O) groups excluding carboxylic acids is 1. The predicted octanol–water partition coefficient (Wildman–Crippen LogP) is 3.46. The van der Waals surface area contributed by atoms with Gasteiger partial charge in [-0.15, -0.1) is 0 Å². The normalized spacial score (nSPS) is 21.1. The second kappa shape index (κ2) is 6.94. The second-order valence-corrected chi connectivity index (χ2v) is 6.37. The Labute approximate surface area is 127 Å². The number of carbonyl (C=O) groups is 1. The van der Waals surface area contributed by atoms with E-state index in [4.69, 9.17) is 9.47 Å². The number of hydrogen-bond acceptors (Lipinski definition) is 3. The van der Waals surface area contributed by atoms with Crippen molar-refractivity contribution in [3.63, 3.8) is 0 Å². The molecule has 2 rings (SSSR count). The van der Waals surface area contributed by atoms with Gasteiger partial charge in [0.05, 0.1) is 12.6 Å². The Kier molecular flexibility index (Phi) is 5.23. The van der Waals surface area contributed by atoms with Crippen LogP contribution in [-0.2, 0) is 16.1 Å². The molecule has 1 unspecified atom stereocenters. The van der Waals surface area contributed by atoms with Crippen molar-refractivity contribution >= 4 is 6.09 Å². The topological polar surface area (TPSA) is 38.8 Å². The lowest BCUT2D eigenvalue weighted by atomic mass is 9.83. The van der Waals surface area contributed by atoms with Gasteiger partial charge in [0.25, 0.3) is 0 Å². The highest BCUT2D eigenvalue weighted by molar-refractivity contribution is 5.68. The van der Waals surface area contributed by atoms with Crippen LogP contribution in [0.4, 0.5) is 4.79 Å².